The van der Waals surface area contributed by atoms with Crippen LogP contribution in [0.2, 0.25) is 5.02 Å². The third-order valence-electron chi connectivity index (χ3n) is 7.66. The Morgan fingerprint density at radius 2 is 1.98 bits per heavy atom. The number of ketones is 1. The van der Waals surface area contributed by atoms with Crippen molar-refractivity contribution in [1.82, 2.24) is 20.2 Å². The minimum absolute atomic E-state index is 0.0535. The minimum Gasteiger partial charge on any atom is -0.491 e. The smallest absolute Gasteiger partial charge is 0.401 e. The fourth-order valence-corrected chi connectivity index (χ4v) is 6.13. The number of carbonyl (C=O) groups is 1. The highest BCUT2D eigenvalue weighted by molar-refractivity contribution is 6.33. The third kappa shape index (κ3) is 7.34. The second-order valence-corrected chi connectivity index (χ2v) is 11.8. The monoisotopic (exact) mass is 610 g/mol. The van der Waals surface area contributed by atoms with E-state index in [1.165, 1.54) is 11.8 Å². The van der Waals surface area contributed by atoms with Crippen LogP contribution >= 0.6 is 11.6 Å². The number of aromatic nitrogens is 2. The van der Waals surface area contributed by atoms with Crippen molar-refractivity contribution in [3.63, 3.8) is 0 Å². The van der Waals surface area contributed by atoms with Crippen LogP contribution in [-0.2, 0) is 4.79 Å². The van der Waals surface area contributed by atoms with E-state index >= 15 is 0 Å². The Bertz CT molecular complexity index is 1340. The van der Waals surface area contributed by atoms with Crippen molar-refractivity contribution in [1.29, 1.82) is 0 Å². The van der Waals surface area contributed by atoms with Gasteiger partial charge in [-0.15, -0.1) is 0 Å². The molecule has 1 spiro atoms. The number of hydrogen-bond donors (Lipinski definition) is 3. The first-order valence-electron chi connectivity index (χ1n) is 13.9. The number of nitrogens with zero attached hydrogens (tertiary/aromatic N) is 4. The van der Waals surface area contributed by atoms with Crippen molar-refractivity contribution in [2.45, 2.75) is 45.9 Å². The molecule has 9 nitrogen and oxygen atoms in total. The highest BCUT2D eigenvalue weighted by Crippen LogP contribution is 2.44. The number of aliphatic hydroxyl groups is 1. The number of benzene rings is 1. The lowest BCUT2D eigenvalue weighted by Gasteiger charge is -2.55. The molecule has 0 saturated carbocycles. The Morgan fingerprint density at radius 1 is 1.26 bits per heavy atom. The van der Waals surface area contributed by atoms with Crippen LogP contribution in [0.1, 0.15) is 37.9 Å². The van der Waals surface area contributed by atoms with Crippen molar-refractivity contribution in [3.8, 4) is 17.1 Å². The van der Waals surface area contributed by atoms with Gasteiger partial charge in [0, 0.05) is 48.4 Å². The Hall–Kier alpha value is -2.93. The molecule has 0 aliphatic carbocycles. The molecule has 4 rings (SSSR count). The molecule has 2 fully saturated rings. The Kier molecular flexibility index (Phi) is 9.71. The number of carbonyl (C=O) groups excluding carboxylic acids is 1. The number of aliphatic hydroxyl groups excluding tert-OH is 1. The number of Topliss-reactive ketones (excluding diaryl/α,β-unsaturated/α-hetero) is 1. The Morgan fingerprint density at radius 3 is 2.60 bits per heavy atom. The molecule has 4 N–H and O–H groups in total. The number of likely N-dealkylation sites (tertiary alicyclic amines) is 1. The number of halogens is 4. The number of alkyl halides is 3. The van der Waals surface area contributed by atoms with E-state index in [2.05, 4.69) is 5.32 Å². The van der Waals surface area contributed by atoms with E-state index in [0.717, 1.165) is 6.42 Å². The predicted molar refractivity (Wildman–Crippen MR) is 156 cm³/mol. The lowest BCUT2D eigenvalue weighted by atomic mass is 9.73. The lowest BCUT2D eigenvalue weighted by Crippen LogP contribution is -2.64. The topological polar surface area (TPSA) is 117 Å². The summed E-state index contributed by atoms with van der Waals surface area (Å²) < 4.78 is 45.1. The van der Waals surface area contributed by atoms with Crippen LogP contribution in [0.3, 0.4) is 0 Å². The lowest BCUT2D eigenvalue weighted by molar-refractivity contribution is -0.153. The summed E-state index contributed by atoms with van der Waals surface area (Å²) in [6, 6.07) is 4.99. The molecule has 13 heteroatoms. The number of nitrogens with one attached hydrogen (secondary N) is 1. The Balaban J connectivity index is 1.70. The highest BCUT2D eigenvalue weighted by atomic mass is 35.5. The van der Waals surface area contributed by atoms with Gasteiger partial charge in [-0.3, -0.25) is 9.69 Å². The van der Waals surface area contributed by atoms with E-state index in [0.29, 0.717) is 78.3 Å². The molecule has 1 aromatic heterocycles. The average Bonchev–Trinajstić information content (AvgIpc) is 2.87. The maximum Gasteiger partial charge on any atom is 0.401 e. The number of nitrogens with two attached hydrogens (primary N) is 1. The fourth-order valence-electron chi connectivity index (χ4n) is 5.93. The molecule has 42 heavy (non-hydrogen) atoms. The zero-order chi connectivity index (χ0) is 30.8. The van der Waals surface area contributed by atoms with Crippen molar-refractivity contribution < 1.29 is 27.8 Å². The predicted octanol–water partition coefficient (Wildman–Crippen LogP) is 3.81. The van der Waals surface area contributed by atoms with E-state index < -0.39 is 18.8 Å². The zero-order valence-electron chi connectivity index (χ0n) is 24.3. The van der Waals surface area contributed by atoms with Gasteiger partial charge in [0.1, 0.15) is 24.3 Å². The summed E-state index contributed by atoms with van der Waals surface area (Å²) in [5.41, 5.74) is 7.91. The number of rotatable bonds is 10. The molecular weight excluding hydrogens is 573 g/mol. The average molecular weight is 611 g/mol. The molecule has 2 saturated heterocycles. The quantitative estimate of drug-likeness (QED) is 0.345. The van der Waals surface area contributed by atoms with Crippen molar-refractivity contribution in [2.24, 2.45) is 11.1 Å². The number of likely N-dealkylation sites (N-methyl/N-ethyl adjacent to an activating group) is 1. The van der Waals surface area contributed by atoms with Gasteiger partial charge >= 0.3 is 6.18 Å². The van der Waals surface area contributed by atoms with Gasteiger partial charge in [-0.1, -0.05) is 11.6 Å². The van der Waals surface area contributed by atoms with Gasteiger partial charge in [0.2, 0.25) is 0 Å². The molecule has 1 atom stereocenters. The molecular formula is C29H38ClF3N6O3. The maximum atomic E-state index is 13.1. The van der Waals surface area contributed by atoms with E-state index in [1.807, 2.05) is 11.8 Å². The minimum atomic E-state index is -4.24. The van der Waals surface area contributed by atoms with Crippen LogP contribution in [0, 0.1) is 12.3 Å². The van der Waals surface area contributed by atoms with Crippen LogP contribution in [0.5, 0.6) is 5.75 Å². The molecule has 0 bridgehead atoms. The summed E-state index contributed by atoms with van der Waals surface area (Å²) in [5, 5.41) is 13.3. The summed E-state index contributed by atoms with van der Waals surface area (Å²) in [6.07, 6.45) is -3.44. The van der Waals surface area contributed by atoms with Gasteiger partial charge in [0.05, 0.1) is 22.8 Å². The molecule has 3 heterocycles. The highest BCUT2D eigenvalue weighted by Gasteiger charge is 2.48. The zero-order valence-corrected chi connectivity index (χ0v) is 25.1. The van der Waals surface area contributed by atoms with Gasteiger partial charge in [0.25, 0.3) is 0 Å². The summed E-state index contributed by atoms with van der Waals surface area (Å²) in [4.78, 5) is 25.8. The molecule has 0 unspecified atom stereocenters. The number of hydrogen-bond acceptors (Lipinski definition) is 9. The molecule has 2 aliphatic heterocycles. The fraction of sp³-hybridized carbons (Fsp3) is 0.552. The second-order valence-electron chi connectivity index (χ2n) is 11.4. The molecule has 0 radical (unpaired) electrons. The van der Waals surface area contributed by atoms with Crippen LogP contribution in [0.4, 0.5) is 19.0 Å². The van der Waals surface area contributed by atoms with Crippen molar-refractivity contribution >= 4 is 28.8 Å². The standard InChI is InChI=1S/C29H38ClF3N6O3/c1-17-25(24(18(2)34)19(3)40)36-26(22-10-21(6-7-23(22)30)42-12-20(41)11-35-4)37-27(17)39-14-28(15-39)8-5-9-38(13-28)16-29(31,32)33/h6-7,10,20,35,41H,5,8-9,11-16,34H2,1-4H3/t20-/m1/s1. The first-order chi connectivity index (χ1) is 19.7. The van der Waals surface area contributed by atoms with Crippen LogP contribution < -0.4 is 20.7 Å². The number of ether oxygens (including phenoxy) is 1. The van der Waals surface area contributed by atoms with Crippen LogP contribution in [-0.4, -0.2) is 91.0 Å². The number of allylic oxidation sites excluding steroid dienone is 2. The van der Waals surface area contributed by atoms with Gasteiger partial charge < -0.3 is 25.8 Å². The van der Waals surface area contributed by atoms with Gasteiger partial charge in [0.15, 0.2) is 11.6 Å². The third-order valence-corrected chi connectivity index (χ3v) is 7.99. The van der Waals surface area contributed by atoms with Crippen LogP contribution in [0.15, 0.2) is 23.9 Å². The first-order valence-corrected chi connectivity index (χ1v) is 14.3. The molecule has 0 amide bonds. The van der Waals surface area contributed by atoms with E-state index in [1.54, 1.807) is 32.2 Å². The largest absolute Gasteiger partial charge is 0.491 e. The summed E-state index contributed by atoms with van der Waals surface area (Å²) in [7, 11) is 1.73. The normalized spacial score (nSPS) is 18.5. The van der Waals surface area contributed by atoms with Gasteiger partial charge in [-0.05, 0) is 65.4 Å². The maximum absolute atomic E-state index is 13.1. The molecule has 2 aliphatic rings. The summed E-state index contributed by atoms with van der Waals surface area (Å²) in [6.45, 7) is 6.19. The number of piperidine rings is 1. The number of anilines is 1. The van der Waals surface area contributed by atoms with E-state index in [-0.39, 0.29) is 29.2 Å². The van der Waals surface area contributed by atoms with Gasteiger partial charge in [-0.2, -0.15) is 13.2 Å². The molecule has 2 aromatic rings. The van der Waals surface area contributed by atoms with E-state index in [9.17, 15) is 23.1 Å². The van der Waals surface area contributed by atoms with Crippen LogP contribution in [0.25, 0.3) is 17.0 Å². The van der Waals surface area contributed by atoms with Crippen molar-refractivity contribution in [2.75, 3.05) is 57.8 Å². The van der Waals surface area contributed by atoms with Gasteiger partial charge in [-0.25, -0.2) is 9.97 Å². The SMILES string of the molecule is CNC[C@@H](O)COc1ccc(Cl)c(-c2nc(C(C(C)=O)=C(C)N)c(C)c(N3CC4(CCCN(CC(F)(F)F)C4)C3)n2)c1. The second kappa shape index (κ2) is 12.7. The van der Waals surface area contributed by atoms with E-state index in [4.69, 9.17) is 32.0 Å². The first kappa shape index (κ1) is 32.0. The molecule has 1 aromatic carbocycles. The molecule has 230 valence electrons. The Labute approximate surface area is 248 Å². The summed E-state index contributed by atoms with van der Waals surface area (Å²) in [5.74, 6) is 1.01. The summed E-state index contributed by atoms with van der Waals surface area (Å²) >= 11 is 6.60. The van der Waals surface area contributed by atoms with Crippen molar-refractivity contribution in [3.05, 3.63) is 40.2 Å².